The van der Waals surface area contributed by atoms with Crippen molar-refractivity contribution >= 4 is 23.3 Å². The van der Waals surface area contributed by atoms with E-state index >= 15 is 0 Å². The molecule has 1 aliphatic rings. The molecule has 0 unspecified atom stereocenters. The summed E-state index contributed by atoms with van der Waals surface area (Å²) in [7, 11) is 0. The summed E-state index contributed by atoms with van der Waals surface area (Å²) in [5, 5.41) is 3.33. The molecule has 2 rings (SSSR count). The molecule has 1 N–H and O–H groups in total. The maximum Gasteiger partial charge on any atom is 0.229 e. The summed E-state index contributed by atoms with van der Waals surface area (Å²) in [4.78, 5) is 15.8. The fraction of sp³-hybridized carbons (Fsp3) is 0.385. The van der Waals surface area contributed by atoms with E-state index in [0.29, 0.717) is 17.3 Å². The van der Waals surface area contributed by atoms with Crippen LogP contribution in [0.25, 0.3) is 0 Å². The van der Waals surface area contributed by atoms with Crippen LogP contribution in [0.3, 0.4) is 0 Å². The van der Waals surface area contributed by atoms with E-state index in [1.54, 1.807) is 18.3 Å². The number of carbonyl (C=O) groups is 1. The summed E-state index contributed by atoms with van der Waals surface area (Å²) < 4.78 is 0. The second kappa shape index (κ2) is 5.82. The molecule has 0 atom stereocenters. The average molecular weight is 251 g/mol. The first-order valence-corrected chi connectivity index (χ1v) is 6.21. The van der Waals surface area contributed by atoms with Crippen LogP contribution in [0.5, 0.6) is 0 Å². The number of amides is 1. The standard InChI is InChI=1S/C13H15ClN2O/c14-11-6-7-15-12(9-11)16-13(17)8-10-4-2-1-3-5-10/h4,6-7,9H,1-3,5,8H2,(H,15,16,17). The summed E-state index contributed by atoms with van der Waals surface area (Å²) in [6, 6.07) is 3.33. The predicted octanol–water partition coefficient (Wildman–Crippen LogP) is 3.56. The highest BCUT2D eigenvalue weighted by Gasteiger charge is 2.09. The van der Waals surface area contributed by atoms with Crippen molar-refractivity contribution < 1.29 is 4.79 Å². The fourth-order valence-electron chi connectivity index (χ4n) is 1.93. The minimum atomic E-state index is -0.0204. The van der Waals surface area contributed by atoms with Gasteiger partial charge in [-0.2, -0.15) is 0 Å². The van der Waals surface area contributed by atoms with E-state index < -0.39 is 0 Å². The molecule has 1 aromatic heterocycles. The van der Waals surface area contributed by atoms with Crippen LogP contribution >= 0.6 is 11.6 Å². The summed E-state index contributed by atoms with van der Waals surface area (Å²) in [6.45, 7) is 0. The van der Waals surface area contributed by atoms with Gasteiger partial charge in [-0.15, -0.1) is 0 Å². The number of carbonyl (C=O) groups excluding carboxylic acids is 1. The van der Waals surface area contributed by atoms with Crippen LogP contribution in [-0.2, 0) is 4.79 Å². The molecule has 0 aliphatic heterocycles. The third kappa shape index (κ3) is 3.86. The molecule has 0 fully saturated rings. The van der Waals surface area contributed by atoms with Gasteiger partial charge in [-0.05, 0) is 37.8 Å². The highest BCUT2D eigenvalue weighted by Crippen LogP contribution is 2.20. The average Bonchev–Trinajstić information content (AvgIpc) is 2.30. The van der Waals surface area contributed by atoms with Crippen molar-refractivity contribution in [3.63, 3.8) is 0 Å². The first kappa shape index (κ1) is 12.1. The number of pyridine rings is 1. The molecule has 1 aliphatic carbocycles. The topological polar surface area (TPSA) is 42.0 Å². The second-order valence-electron chi connectivity index (χ2n) is 4.19. The van der Waals surface area contributed by atoms with Crippen molar-refractivity contribution in [3.8, 4) is 0 Å². The van der Waals surface area contributed by atoms with Gasteiger partial charge >= 0.3 is 0 Å². The molecular weight excluding hydrogens is 236 g/mol. The van der Waals surface area contributed by atoms with Crippen molar-refractivity contribution in [3.05, 3.63) is 35.0 Å². The summed E-state index contributed by atoms with van der Waals surface area (Å²) in [6.07, 6.45) is 8.78. The number of nitrogens with zero attached hydrogens (tertiary/aromatic N) is 1. The fourth-order valence-corrected chi connectivity index (χ4v) is 2.09. The van der Waals surface area contributed by atoms with Crippen LogP contribution in [0, 0.1) is 0 Å². The number of nitrogens with one attached hydrogen (secondary N) is 1. The van der Waals surface area contributed by atoms with Crippen molar-refractivity contribution in [1.29, 1.82) is 0 Å². The third-order valence-electron chi connectivity index (χ3n) is 2.76. The number of hydrogen-bond acceptors (Lipinski definition) is 2. The van der Waals surface area contributed by atoms with Gasteiger partial charge in [0.15, 0.2) is 0 Å². The zero-order valence-electron chi connectivity index (χ0n) is 9.58. The molecule has 0 bridgehead atoms. The molecule has 0 saturated carbocycles. The molecule has 0 saturated heterocycles. The Hall–Kier alpha value is -1.35. The normalized spacial score (nSPS) is 15.2. The van der Waals surface area contributed by atoms with Crippen LogP contribution in [0.15, 0.2) is 30.0 Å². The summed E-state index contributed by atoms with van der Waals surface area (Å²) in [5.74, 6) is 0.492. The number of allylic oxidation sites excluding steroid dienone is 1. The van der Waals surface area contributed by atoms with Gasteiger partial charge in [0, 0.05) is 17.6 Å². The molecule has 1 aromatic rings. The van der Waals surface area contributed by atoms with Gasteiger partial charge < -0.3 is 5.32 Å². The molecule has 4 heteroatoms. The van der Waals surface area contributed by atoms with E-state index in [1.165, 1.54) is 18.4 Å². The monoisotopic (exact) mass is 250 g/mol. The summed E-state index contributed by atoms with van der Waals surface area (Å²) >= 11 is 5.82. The minimum Gasteiger partial charge on any atom is -0.310 e. The van der Waals surface area contributed by atoms with E-state index in [-0.39, 0.29) is 5.91 Å². The van der Waals surface area contributed by atoms with E-state index in [4.69, 9.17) is 11.6 Å². The van der Waals surface area contributed by atoms with Gasteiger partial charge in [0.1, 0.15) is 5.82 Å². The first-order chi connectivity index (χ1) is 8.24. The van der Waals surface area contributed by atoms with Crippen LogP contribution in [-0.4, -0.2) is 10.9 Å². The Morgan fingerprint density at radius 3 is 3.06 bits per heavy atom. The lowest BCUT2D eigenvalue weighted by Gasteiger charge is -2.12. The number of anilines is 1. The van der Waals surface area contributed by atoms with Gasteiger partial charge in [0.2, 0.25) is 5.91 Å². The van der Waals surface area contributed by atoms with Gasteiger partial charge in [-0.3, -0.25) is 4.79 Å². The number of rotatable bonds is 3. The zero-order chi connectivity index (χ0) is 12.1. The summed E-state index contributed by atoms with van der Waals surface area (Å²) in [5.41, 5.74) is 1.23. The maximum absolute atomic E-state index is 11.8. The maximum atomic E-state index is 11.8. The Kier molecular flexibility index (Phi) is 4.15. The first-order valence-electron chi connectivity index (χ1n) is 5.83. The lowest BCUT2D eigenvalue weighted by molar-refractivity contribution is -0.115. The third-order valence-corrected chi connectivity index (χ3v) is 3.00. The van der Waals surface area contributed by atoms with Crippen LogP contribution in [0.1, 0.15) is 32.1 Å². The smallest absolute Gasteiger partial charge is 0.229 e. The molecule has 1 amide bonds. The molecule has 17 heavy (non-hydrogen) atoms. The largest absolute Gasteiger partial charge is 0.310 e. The Balaban J connectivity index is 1.91. The Labute approximate surface area is 106 Å². The Bertz CT molecular complexity index is 443. The van der Waals surface area contributed by atoms with E-state index in [9.17, 15) is 4.79 Å². The number of aromatic nitrogens is 1. The SMILES string of the molecule is O=C(CC1=CCCCC1)Nc1cc(Cl)ccn1. The minimum absolute atomic E-state index is 0.0204. The van der Waals surface area contributed by atoms with Crippen molar-refractivity contribution in [1.82, 2.24) is 4.98 Å². The van der Waals surface area contributed by atoms with Gasteiger partial charge in [0.05, 0.1) is 0 Å². The van der Waals surface area contributed by atoms with Crippen LogP contribution < -0.4 is 5.32 Å². The molecule has 90 valence electrons. The molecule has 0 radical (unpaired) electrons. The predicted molar refractivity (Wildman–Crippen MR) is 69.0 cm³/mol. The Morgan fingerprint density at radius 2 is 2.35 bits per heavy atom. The second-order valence-corrected chi connectivity index (χ2v) is 4.63. The molecule has 3 nitrogen and oxygen atoms in total. The van der Waals surface area contributed by atoms with E-state index in [2.05, 4.69) is 16.4 Å². The van der Waals surface area contributed by atoms with Crippen molar-refractivity contribution in [2.75, 3.05) is 5.32 Å². The van der Waals surface area contributed by atoms with E-state index in [1.807, 2.05) is 0 Å². The van der Waals surface area contributed by atoms with Crippen LogP contribution in [0.4, 0.5) is 5.82 Å². The molecule has 0 aromatic carbocycles. The number of halogens is 1. The quantitative estimate of drug-likeness (QED) is 0.834. The van der Waals surface area contributed by atoms with Gasteiger partial charge in [-0.25, -0.2) is 4.98 Å². The molecule has 0 spiro atoms. The van der Waals surface area contributed by atoms with E-state index in [0.717, 1.165) is 12.8 Å². The highest BCUT2D eigenvalue weighted by atomic mass is 35.5. The number of hydrogen-bond donors (Lipinski definition) is 1. The molecular formula is C13H15ClN2O. The van der Waals surface area contributed by atoms with Crippen molar-refractivity contribution in [2.24, 2.45) is 0 Å². The van der Waals surface area contributed by atoms with Crippen molar-refractivity contribution in [2.45, 2.75) is 32.1 Å². The van der Waals surface area contributed by atoms with Crippen LogP contribution in [0.2, 0.25) is 5.02 Å². The Morgan fingerprint density at radius 1 is 1.47 bits per heavy atom. The van der Waals surface area contributed by atoms with Gasteiger partial charge in [-0.1, -0.05) is 23.3 Å². The highest BCUT2D eigenvalue weighted by molar-refractivity contribution is 6.30. The molecule has 1 heterocycles. The zero-order valence-corrected chi connectivity index (χ0v) is 10.3. The lowest BCUT2D eigenvalue weighted by atomic mass is 9.97. The lowest BCUT2D eigenvalue weighted by Crippen LogP contribution is -2.13. The van der Waals surface area contributed by atoms with Gasteiger partial charge in [0.25, 0.3) is 0 Å².